The van der Waals surface area contributed by atoms with Gasteiger partial charge in [-0.25, -0.2) is 13.2 Å². The molecule has 1 atom stereocenters. The fourth-order valence-electron chi connectivity index (χ4n) is 1.60. The van der Waals surface area contributed by atoms with E-state index in [0.717, 1.165) is 5.56 Å². The molecule has 1 amide bonds. The third-order valence-corrected chi connectivity index (χ3v) is 4.14. The van der Waals surface area contributed by atoms with Crippen molar-refractivity contribution in [1.82, 2.24) is 5.32 Å². The summed E-state index contributed by atoms with van der Waals surface area (Å²) in [4.78, 5) is 11.6. The molecule has 1 rings (SSSR count). The fourth-order valence-corrected chi connectivity index (χ4v) is 2.94. The smallest absolute Gasteiger partial charge is 0.409 e. The number of alkyl carbamates (subject to hydrolysis) is 1. The number of amides is 1. The molecular weight excluding hydrogens is 294 g/mol. The van der Waals surface area contributed by atoms with Crippen LogP contribution in [0.15, 0.2) is 29.2 Å². The van der Waals surface area contributed by atoms with E-state index in [1.807, 2.05) is 0 Å². The third-order valence-electron chi connectivity index (χ3n) is 2.41. The predicted molar refractivity (Wildman–Crippen MR) is 78.6 cm³/mol. The Hall–Kier alpha value is -1.60. The Morgan fingerprint density at radius 2 is 2.00 bits per heavy atom. The van der Waals surface area contributed by atoms with Gasteiger partial charge in [-0.1, -0.05) is 12.1 Å². The lowest BCUT2D eigenvalue weighted by molar-refractivity contribution is 0.0390. The lowest BCUT2D eigenvalue weighted by Crippen LogP contribution is -2.42. The number of hydrogen-bond acceptors (Lipinski definition) is 5. The Labute approximate surface area is 125 Å². The van der Waals surface area contributed by atoms with Crippen molar-refractivity contribution in [2.24, 2.45) is 0 Å². The molecule has 0 radical (unpaired) electrons. The van der Waals surface area contributed by atoms with Crippen LogP contribution < -0.4 is 5.32 Å². The Morgan fingerprint density at radius 3 is 2.52 bits per heavy atom. The number of aliphatic hydroxyl groups excluding tert-OH is 1. The van der Waals surface area contributed by atoms with E-state index in [2.05, 4.69) is 5.32 Å². The van der Waals surface area contributed by atoms with Gasteiger partial charge in [0.15, 0.2) is 9.84 Å². The first-order valence-corrected chi connectivity index (χ1v) is 8.12. The van der Waals surface area contributed by atoms with Crippen LogP contribution in [0.5, 0.6) is 0 Å². The Bertz CT molecular complexity index is 604. The number of ether oxygens (including phenoxy) is 1. The standard InChI is InChI=1S/C14H21NO5S/c1-10-6-5-7-11(8-10)21(18,19)9-12(16)15-13(17)20-14(2,3)4/h5-8,12,16H,9H2,1-4H3,(H,15,17). The average molecular weight is 315 g/mol. The molecule has 0 heterocycles. The van der Waals surface area contributed by atoms with Crippen molar-refractivity contribution >= 4 is 15.9 Å². The zero-order chi connectivity index (χ0) is 16.3. The molecule has 1 aromatic carbocycles. The van der Waals surface area contributed by atoms with E-state index in [1.54, 1.807) is 39.8 Å². The van der Waals surface area contributed by atoms with Gasteiger partial charge in [0.25, 0.3) is 0 Å². The molecule has 118 valence electrons. The summed E-state index contributed by atoms with van der Waals surface area (Å²) in [5, 5.41) is 11.8. The normalized spacial score (nSPS) is 13.6. The maximum atomic E-state index is 12.1. The Balaban J connectivity index is 2.70. The molecule has 0 aliphatic carbocycles. The lowest BCUT2D eigenvalue weighted by atomic mass is 10.2. The zero-order valence-electron chi connectivity index (χ0n) is 12.6. The van der Waals surface area contributed by atoms with Gasteiger partial charge in [-0.3, -0.25) is 5.32 Å². The van der Waals surface area contributed by atoms with E-state index in [4.69, 9.17) is 4.74 Å². The second kappa shape index (κ2) is 6.44. The van der Waals surface area contributed by atoms with E-state index >= 15 is 0 Å². The first kappa shape index (κ1) is 17.5. The summed E-state index contributed by atoms with van der Waals surface area (Å²) in [6, 6.07) is 6.35. The number of aryl methyl sites for hydroxylation is 1. The number of hydrogen-bond donors (Lipinski definition) is 2. The molecule has 0 bridgehead atoms. The molecule has 0 aliphatic rings. The second-order valence-corrected chi connectivity index (χ2v) is 7.79. The van der Waals surface area contributed by atoms with Crippen molar-refractivity contribution in [3.8, 4) is 0 Å². The molecule has 7 heteroatoms. The summed E-state index contributed by atoms with van der Waals surface area (Å²) in [6.45, 7) is 6.78. The van der Waals surface area contributed by atoms with Gasteiger partial charge in [0.2, 0.25) is 0 Å². The Kier molecular flexibility index (Phi) is 5.36. The number of carbonyl (C=O) groups excluding carboxylic acids is 1. The highest BCUT2D eigenvalue weighted by atomic mass is 32.2. The number of nitrogens with one attached hydrogen (secondary N) is 1. The minimum Gasteiger partial charge on any atom is -0.444 e. The zero-order valence-corrected chi connectivity index (χ0v) is 13.4. The van der Waals surface area contributed by atoms with Gasteiger partial charge in [0, 0.05) is 0 Å². The summed E-state index contributed by atoms with van der Waals surface area (Å²) in [5.41, 5.74) is 0.0739. The number of carbonyl (C=O) groups is 1. The van der Waals surface area contributed by atoms with E-state index in [-0.39, 0.29) is 4.90 Å². The highest BCUT2D eigenvalue weighted by Gasteiger charge is 2.23. The second-order valence-electron chi connectivity index (χ2n) is 5.76. The van der Waals surface area contributed by atoms with Crippen molar-refractivity contribution in [1.29, 1.82) is 0 Å². The van der Waals surface area contributed by atoms with Gasteiger partial charge in [-0.05, 0) is 45.4 Å². The Morgan fingerprint density at radius 1 is 1.38 bits per heavy atom. The molecule has 2 N–H and O–H groups in total. The molecule has 0 aromatic heterocycles. The molecule has 1 unspecified atom stereocenters. The van der Waals surface area contributed by atoms with E-state index in [9.17, 15) is 18.3 Å². The average Bonchev–Trinajstić information content (AvgIpc) is 2.24. The molecule has 0 saturated carbocycles. The van der Waals surface area contributed by atoms with Crippen molar-refractivity contribution in [3.05, 3.63) is 29.8 Å². The summed E-state index contributed by atoms with van der Waals surface area (Å²) >= 11 is 0. The summed E-state index contributed by atoms with van der Waals surface area (Å²) < 4.78 is 29.2. The van der Waals surface area contributed by atoms with Crippen LogP contribution in [0.2, 0.25) is 0 Å². The SMILES string of the molecule is Cc1cccc(S(=O)(=O)CC(O)NC(=O)OC(C)(C)C)c1. The van der Waals surface area contributed by atoms with Crippen LogP contribution in [0.25, 0.3) is 0 Å². The number of rotatable bonds is 4. The van der Waals surface area contributed by atoms with E-state index in [0.29, 0.717) is 0 Å². The molecule has 21 heavy (non-hydrogen) atoms. The van der Waals surface area contributed by atoms with Crippen LogP contribution in [-0.2, 0) is 14.6 Å². The molecule has 0 fully saturated rings. The molecule has 1 aromatic rings. The van der Waals surface area contributed by atoms with Crippen LogP contribution in [-0.4, -0.2) is 37.2 Å². The minimum atomic E-state index is -3.69. The van der Waals surface area contributed by atoms with E-state index < -0.39 is 33.5 Å². The van der Waals surface area contributed by atoms with Crippen LogP contribution >= 0.6 is 0 Å². The number of benzene rings is 1. The van der Waals surface area contributed by atoms with Crippen molar-refractivity contribution in [3.63, 3.8) is 0 Å². The quantitative estimate of drug-likeness (QED) is 0.824. The van der Waals surface area contributed by atoms with Crippen molar-refractivity contribution in [2.75, 3.05) is 5.75 Å². The van der Waals surface area contributed by atoms with E-state index in [1.165, 1.54) is 12.1 Å². The first-order valence-electron chi connectivity index (χ1n) is 6.46. The van der Waals surface area contributed by atoms with Crippen LogP contribution in [0.3, 0.4) is 0 Å². The number of sulfone groups is 1. The fraction of sp³-hybridized carbons (Fsp3) is 0.500. The van der Waals surface area contributed by atoms with Gasteiger partial charge >= 0.3 is 6.09 Å². The van der Waals surface area contributed by atoms with Crippen LogP contribution in [0, 0.1) is 6.92 Å². The highest BCUT2D eigenvalue weighted by Crippen LogP contribution is 2.13. The molecule has 6 nitrogen and oxygen atoms in total. The molecule has 0 saturated heterocycles. The van der Waals surface area contributed by atoms with Crippen LogP contribution in [0.1, 0.15) is 26.3 Å². The summed E-state index contributed by atoms with van der Waals surface area (Å²) in [6.07, 6.45) is -2.40. The summed E-state index contributed by atoms with van der Waals surface area (Å²) in [7, 11) is -3.69. The molecule has 0 aliphatic heterocycles. The van der Waals surface area contributed by atoms with Gasteiger partial charge < -0.3 is 9.84 Å². The van der Waals surface area contributed by atoms with Crippen molar-refractivity contribution < 1.29 is 23.1 Å². The highest BCUT2D eigenvalue weighted by molar-refractivity contribution is 7.91. The molecule has 0 spiro atoms. The largest absolute Gasteiger partial charge is 0.444 e. The monoisotopic (exact) mass is 315 g/mol. The van der Waals surface area contributed by atoms with Gasteiger partial charge in [-0.15, -0.1) is 0 Å². The van der Waals surface area contributed by atoms with Crippen LogP contribution in [0.4, 0.5) is 4.79 Å². The minimum absolute atomic E-state index is 0.104. The van der Waals surface area contributed by atoms with Gasteiger partial charge in [-0.2, -0.15) is 0 Å². The maximum Gasteiger partial charge on any atom is 0.409 e. The third kappa shape index (κ3) is 6.14. The molecular formula is C14H21NO5S. The lowest BCUT2D eigenvalue weighted by Gasteiger charge is -2.21. The van der Waals surface area contributed by atoms with Gasteiger partial charge in [0.1, 0.15) is 11.8 Å². The number of aliphatic hydroxyl groups is 1. The topological polar surface area (TPSA) is 92.7 Å². The predicted octanol–water partition coefficient (Wildman–Crippen LogP) is 1.61. The first-order chi connectivity index (χ1) is 9.49. The van der Waals surface area contributed by atoms with Gasteiger partial charge in [0.05, 0.1) is 10.6 Å². The maximum absolute atomic E-state index is 12.1. The van der Waals surface area contributed by atoms with Crippen molar-refractivity contribution in [2.45, 2.75) is 44.4 Å². The summed E-state index contributed by atoms with van der Waals surface area (Å²) in [5.74, 6) is -0.615.